The van der Waals surface area contributed by atoms with E-state index in [4.69, 9.17) is 17.4 Å². The van der Waals surface area contributed by atoms with Crippen LogP contribution in [0.15, 0.2) is 36.8 Å². The van der Waals surface area contributed by atoms with E-state index in [-0.39, 0.29) is 5.02 Å². The van der Waals surface area contributed by atoms with Gasteiger partial charge in [-0.25, -0.2) is 20.2 Å². The van der Waals surface area contributed by atoms with Gasteiger partial charge in [0.1, 0.15) is 5.82 Å². The minimum Gasteiger partial charge on any atom is -0.337 e. The van der Waals surface area contributed by atoms with Crippen LogP contribution < -0.4 is 16.6 Å². The van der Waals surface area contributed by atoms with Gasteiger partial charge in [-0.15, -0.1) is 0 Å². The van der Waals surface area contributed by atoms with Crippen LogP contribution in [0.25, 0.3) is 5.65 Å². The van der Waals surface area contributed by atoms with Crippen molar-refractivity contribution < 1.29 is 4.39 Å². The molecule has 102 valence electrons. The summed E-state index contributed by atoms with van der Waals surface area (Å²) in [4.78, 5) is 8.43. The summed E-state index contributed by atoms with van der Waals surface area (Å²) < 4.78 is 15.2. The van der Waals surface area contributed by atoms with Crippen LogP contribution in [0.3, 0.4) is 0 Å². The van der Waals surface area contributed by atoms with E-state index in [0.29, 0.717) is 23.0 Å². The molecule has 0 aliphatic rings. The number of nitrogens with one attached hydrogen (secondary N) is 2. The molecule has 1 aromatic carbocycles. The lowest BCUT2D eigenvalue weighted by atomic mass is 10.3. The van der Waals surface area contributed by atoms with Crippen LogP contribution in [0.2, 0.25) is 5.02 Å². The number of nitrogens with two attached hydrogens (primary N) is 1. The van der Waals surface area contributed by atoms with Crippen molar-refractivity contribution in [3.63, 3.8) is 0 Å². The summed E-state index contributed by atoms with van der Waals surface area (Å²) in [5.74, 6) is 5.76. The first kappa shape index (κ1) is 12.6. The van der Waals surface area contributed by atoms with E-state index >= 15 is 0 Å². The van der Waals surface area contributed by atoms with Crippen molar-refractivity contribution in [1.29, 1.82) is 0 Å². The number of hydrogen-bond acceptors (Lipinski definition) is 5. The van der Waals surface area contributed by atoms with Crippen molar-refractivity contribution >= 4 is 34.6 Å². The van der Waals surface area contributed by atoms with Crippen molar-refractivity contribution in [3.8, 4) is 0 Å². The Morgan fingerprint density at radius 3 is 2.95 bits per heavy atom. The van der Waals surface area contributed by atoms with Crippen LogP contribution in [-0.4, -0.2) is 14.4 Å². The van der Waals surface area contributed by atoms with Crippen LogP contribution >= 0.6 is 11.6 Å². The summed E-state index contributed by atoms with van der Waals surface area (Å²) in [5, 5.41) is 3.05. The molecule has 0 atom stereocenters. The molecule has 20 heavy (non-hydrogen) atoms. The number of anilines is 3. The Hall–Kier alpha value is -2.38. The van der Waals surface area contributed by atoms with Gasteiger partial charge in [0.05, 0.1) is 11.2 Å². The quantitative estimate of drug-likeness (QED) is 0.511. The summed E-state index contributed by atoms with van der Waals surface area (Å²) in [6.45, 7) is 0. The maximum Gasteiger partial charge on any atom is 0.180 e. The SMILES string of the molecule is NNc1cn2ccnc2c(Nc2ccc(Cl)c(F)c2)n1. The fraction of sp³-hybridized carbons (Fsp3) is 0. The molecule has 6 nitrogen and oxygen atoms in total. The van der Waals surface area contributed by atoms with E-state index in [1.165, 1.54) is 12.1 Å². The van der Waals surface area contributed by atoms with E-state index in [1.807, 2.05) is 0 Å². The van der Waals surface area contributed by atoms with Crippen molar-refractivity contribution in [2.24, 2.45) is 5.84 Å². The molecule has 2 aromatic heterocycles. The molecule has 8 heteroatoms. The van der Waals surface area contributed by atoms with Crippen LogP contribution in [0.1, 0.15) is 0 Å². The molecular formula is C12H10ClFN6. The molecule has 0 unspecified atom stereocenters. The second-order valence-electron chi connectivity index (χ2n) is 4.03. The average molecular weight is 293 g/mol. The third-order valence-electron chi connectivity index (χ3n) is 2.70. The zero-order chi connectivity index (χ0) is 14.1. The van der Waals surface area contributed by atoms with E-state index < -0.39 is 5.82 Å². The van der Waals surface area contributed by atoms with E-state index in [2.05, 4.69) is 20.7 Å². The monoisotopic (exact) mass is 292 g/mol. The molecule has 0 bridgehead atoms. The van der Waals surface area contributed by atoms with Gasteiger partial charge in [-0.2, -0.15) is 0 Å². The predicted molar refractivity (Wildman–Crippen MR) is 75.5 cm³/mol. The van der Waals surface area contributed by atoms with Crippen molar-refractivity contribution in [1.82, 2.24) is 14.4 Å². The van der Waals surface area contributed by atoms with Gasteiger partial charge in [-0.1, -0.05) is 11.6 Å². The normalized spacial score (nSPS) is 10.8. The molecule has 3 aromatic rings. The molecule has 0 amide bonds. The molecule has 0 aliphatic heterocycles. The van der Waals surface area contributed by atoms with Crippen molar-refractivity contribution in [3.05, 3.63) is 47.6 Å². The number of hydrogen-bond donors (Lipinski definition) is 3. The second kappa shape index (κ2) is 4.95. The first-order valence-corrected chi connectivity index (χ1v) is 6.07. The minimum absolute atomic E-state index is 0.0619. The van der Waals surface area contributed by atoms with E-state index in [9.17, 15) is 4.39 Å². The summed E-state index contributed by atoms with van der Waals surface area (Å²) in [6.07, 6.45) is 5.08. The molecule has 0 fully saturated rings. The lowest BCUT2D eigenvalue weighted by Crippen LogP contribution is -2.11. The molecule has 0 saturated carbocycles. The number of rotatable bonds is 3. The van der Waals surface area contributed by atoms with Crippen LogP contribution in [0, 0.1) is 5.82 Å². The number of hydrazine groups is 1. The lowest BCUT2D eigenvalue weighted by molar-refractivity contribution is 0.629. The predicted octanol–water partition coefficient (Wildman–Crippen LogP) is 2.55. The second-order valence-corrected chi connectivity index (χ2v) is 4.44. The summed E-state index contributed by atoms with van der Waals surface area (Å²) >= 11 is 5.65. The number of halogens is 2. The Kier molecular flexibility index (Phi) is 3.13. The maximum absolute atomic E-state index is 13.4. The van der Waals surface area contributed by atoms with Crippen molar-refractivity contribution in [2.45, 2.75) is 0 Å². The number of imidazole rings is 1. The van der Waals surface area contributed by atoms with Crippen molar-refractivity contribution in [2.75, 3.05) is 10.7 Å². The van der Waals surface area contributed by atoms with Crippen LogP contribution in [0.5, 0.6) is 0 Å². The number of nitrogens with zero attached hydrogens (tertiary/aromatic N) is 3. The Bertz CT molecular complexity index is 772. The molecular weight excluding hydrogens is 283 g/mol. The summed E-state index contributed by atoms with van der Waals surface area (Å²) in [6, 6.07) is 4.40. The van der Waals surface area contributed by atoms with Gasteiger partial charge < -0.3 is 15.1 Å². The minimum atomic E-state index is -0.510. The Balaban J connectivity index is 2.04. The zero-order valence-corrected chi connectivity index (χ0v) is 10.9. The molecule has 0 aliphatic carbocycles. The Morgan fingerprint density at radius 2 is 2.20 bits per heavy atom. The number of aromatic nitrogens is 3. The topological polar surface area (TPSA) is 80.3 Å². The molecule has 4 N–H and O–H groups in total. The standard InChI is InChI=1S/C12H10ClFN6/c13-8-2-1-7(5-9(8)14)17-11-12-16-3-4-20(12)6-10(18-11)19-15/h1-6,19H,15H2,(H,17,18). The summed E-state index contributed by atoms with van der Waals surface area (Å²) in [7, 11) is 0. The Morgan fingerprint density at radius 1 is 1.35 bits per heavy atom. The van der Waals surface area contributed by atoms with Gasteiger partial charge in [-0.05, 0) is 18.2 Å². The fourth-order valence-corrected chi connectivity index (χ4v) is 1.91. The van der Waals surface area contributed by atoms with Gasteiger partial charge in [0, 0.05) is 18.1 Å². The van der Waals surface area contributed by atoms with Gasteiger partial charge >= 0.3 is 0 Å². The maximum atomic E-state index is 13.4. The third-order valence-corrected chi connectivity index (χ3v) is 3.01. The number of nitrogen functional groups attached to an aromatic ring is 1. The summed E-state index contributed by atoms with van der Waals surface area (Å²) in [5.41, 5.74) is 3.57. The fourth-order valence-electron chi connectivity index (χ4n) is 1.80. The van der Waals surface area contributed by atoms with Gasteiger partial charge in [0.2, 0.25) is 0 Å². The van der Waals surface area contributed by atoms with Gasteiger partial charge in [0.25, 0.3) is 0 Å². The average Bonchev–Trinajstić information content (AvgIpc) is 2.91. The van der Waals surface area contributed by atoms with Gasteiger partial charge in [0.15, 0.2) is 17.3 Å². The molecule has 0 spiro atoms. The highest BCUT2D eigenvalue weighted by atomic mass is 35.5. The largest absolute Gasteiger partial charge is 0.337 e. The lowest BCUT2D eigenvalue weighted by Gasteiger charge is -2.09. The Labute approximate surface area is 118 Å². The van der Waals surface area contributed by atoms with Crippen LogP contribution in [0.4, 0.5) is 21.7 Å². The van der Waals surface area contributed by atoms with Gasteiger partial charge in [-0.3, -0.25) is 0 Å². The van der Waals surface area contributed by atoms with E-state index in [0.717, 1.165) is 0 Å². The highest BCUT2D eigenvalue weighted by Gasteiger charge is 2.08. The van der Waals surface area contributed by atoms with E-state index in [1.54, 1.807) is 29.1 Å². The smallest absolute Gasteiger partial charge is 0.180 e. The number of benzene rings is 1. The first-order valence-electron chi connectivity index (χ1n) is 5.70. The molecule has 3 rings (SSSR count). The van der Waals surface area contributed by atoms with Crippen LogP contribution in [-0.2, 0) is 0 Å². The number of fused-ring (bicyclic) bond motifs is 1. The molecule has 0 saturated heterocycles. The zero-order valence-electron chi connectivity index (χ0n) is 10.1. The third kappa shape index (κ3) is 2.24. The molecule has 2 heterocycles. The molecule has 0 radical (unpaired) electrons. The highest BCUT2D eigenvalue weighted by Crippen LogP contribution is 2.24. The highest BCUT2D eigenvalue weighted by molar-refractivity contribution is 6.30. The first-order chi connectivity index (χ1) is 9.67.